The van der Waals surface area contributed by atoms with E-state index in [1.807, 2.05) is 6.92 Å². The number of halogens is 2. The van der Waals surface area contributed by atoms with Crippen molar-refractivity contribution in [2.75, 3.05) is 0 Å². The van der Waals surface area contributed by atoms with Gasteiger partial charge in [0.25, 0.3) is 5.91 Å². The minimum Gasteiger partial charge on any atom is -0.347 e. The van der Waals surface area contributed by atoms with Crippen LogP contribution in [-0.2, 0) is 0 Å². The van der Waals surface area contributed by atoms with E-state index in [9.17, 15) is 4.79 Å². The topological polar surface area (TPSA) is 57.8 Å². The van der Waals surface area contributed by atoms with Gasteiger partial charge in [-0.2, -0.15) is 0 Å². The van der Waals surface area contributed by atoms with Crippen molar-refractivity contribution in [2.45, 2.75) is 19.4 Å². The Morgan fingerprint density at radius 3 is 2.95 bits per heavy atom. The zero-order valence-corrected chi connectivity index (χ0v) is 12.6. The first-order chi connectivity index (χ1) is 9.11. The van der Waals surface area contributed by atoms with E-state index in [4.69, 9.17) is 11.6 Å². The number of amides is 1. The third-order valence-electron chi connectivity index (χ3n) is 2.74. The third kappa shape index (κ3) is 3.36. The number of hydrogen-bond donors (Lipinski definition) is 2. The molecule has 1 atom stereocenters. The van der Waals surface area contributed by atoms with Crippen molar-refractivity contribution in [3.05, 3.63) is 51.5 Å². The molecule has 4 nitrogen and oxygen atoms in total. The van der Waals surface area contributed by atoms with Crippen LogP contribution in [0.1, 0.15) is 35.6 Å². The Balaban J connectivity index is 2.13. The zero-order chi connectivity index (χ0) is 13.8. The highest BCUT2D eigenvalue weighted by molar-refractivity contribution is 9.10. The quantitative estimate of drug-likeness (QED) is 0.890. The largest absolute Gasteiger partial charge is 0.347 e. The normalized spacial score (nSPS) is 12.2. The molecule has 100 valence electrons. The molecule has 0 spiro atoms. The average molecular weight is 343 g/mol. The van der Waals surface area contributed by atoms with Gasteiger partial charge in [0.15, 0.2) is 0 Å². The molecule has 1 unspecified atom stereocenters. The summed E-state index contributed by atoms with van der Waals surface area (Å²) in [6.45, 7) is 1.99. The summed E-state index contributed by atoms with van der Waals surface area (Å²) < 4.78 is 0.702. The Kier molecular flexibility index (Phi) is 4.61. The molecule has 1 aromatic carbocycles. The van der Waals surface area contributed by atoms with E-state index >= 15 is 0 Å². The molecule has 0 bridgehead atoms. The van der Waals surface area contributed by atoms with Crippen LogP contribution in [0.5, 0.6) is 0 Å². The summed E-state index contributed by atoms with van der Waals surface area (Å²) in [7, 11) is 0. The van der Waals surface area contributed by atoms with E-state index in [-0.39, 0.29) is 11.9 Å². The second kappa shape index (κ2) is 6.21. The van der Waals surface area contributed by atoms with Gasteiger partial charge >= 0.3 is 0 Å². The van der Waals surface area contributed by atoms with Crippen molar-refractivity contribution in [3.8, 4) is 0 Å². The van der Waals surface area contributed by atoms with Crippen LogP contribution in [0.15, 0.2) is 35.1 Å². The van der Waals surface area contributed by atoms with Gasteiger partial charge in [-0.1, -0.05) is 18.5 Å². The molecule has 0 aliphatic rings. The molecule has 6 heteroatoms. The van der Waals surface area contributed by atoms with Crippen LogP contribution in [0.2, 0.25) is 5.02 Å². The van der Waals surface area contributed by atoms with Gasteiger partial charge in [0.1, 0.15) is 5.82 Å². The maximum Gasteiger partial charge on any atom is 0.251 e. The number of rotatable bonds is 4. The molecule has 0 radical (unpaired) electrons. The van der Waals surface area contributed by atoms with Gasteiger partial charge < -0.3 is 10.3 Å². The number of hydrogen-bond acceptors (Lipinski definition) is 2. The number of imidazole rings is 1. The Morgan fingerprint density at radius 1 is 1.58 bits per heavy atom. The van der Waals surface area contributed by atoms with Crippen LogP contribution >= 0.6 is 27.5 Å². The van der Waals surface area contributed by atoms with Crippen LogP contribution in [0.25, 0.3) is 0 Å². The number of aromatic nitrogens is 2. The van der Waals surface area contributed by atoms with E-state index in [1.165, 1.54) is 0 Å². The highest BCUT2D eigenvalue weighted by atomic mass is 79.9. The zero-order valence-electron chi connectivity index (χ0n) is 10.3. The standard InChI is InChI=1S/C13H13BrClN3O/c1-2-11(12-16-5-6-17-12)18-13(19)8-3-4-10(15)9(14)7-8/h3-7,11H,2H2,1H3,(H,16,17)(H,18,19). The number of carbonyl (C=O) groups excluding carboxylic acids is 1. The smallest absolute Gasteiger partial charge is 0.251 e. The summed E-state index contributed by atoms with van der Waals surface area (Å²) in [5.41, 5.74) is 0.557. The molecule has 1 aromatic heterocycles. The first-order valence-corrected chi connectivity index (χ1v) is 7.04. The molecule has 2 N–H and O–H groups in total. The molecule has 0 aliphatic carbocycles. The highest BCUT2D eigenvalue weighted by Gasteiger charge is 2.16. The fourth-order valence-electron chi connectivity index (χ4n) is 1.71. The van der Waals surface area contributed by atoms with Gasteiger partial charge in [0.05, 0.1) is 11.1 Å². The van der Waals surface area contributed by atoms with Crippen LogP contribution < -0.4 is 5.32 Å². The molecule has 19 heavy (non-hydrogen) atoms. The van der Waals surface area contributed by atoms with E-state index < -0.39 is 0 Å². The number of H-pyrrole nitrogens is 1. The van der Waals surface area contributed by atoms with Gasteiger partial charge in [-0.15, -0.1) is 0 Å². The molecular formula is C13H13BrClN3O. The van der Waals surface area contributed by atoms with Crippen molar-refractivity contribution in [1.82, 2.24) is 15.3 Å². The second-order valence-electron chi connectivity index (χ2n) is 4.04. The maximum atomic E-state index is 12.2. The Labute approximate surface area is 124 Å². The molecule has 0 saturated carbocycles. The first-order valence-electron chi connectivity index (χ1n) is 5.87. The number of nitrogens with one attached hydrogen (secondary N) is 2. The predicted molar refractivity (Wildman–Crippen MR) is 78.2 cm³/mol. The predicted octanol–water partition coefficient (Wildman–Crippen LogP) is 3.71. The maximum absolute atomic E-state index is 12.2. The summed E-state index contributed by atoms with van der Waals surface area (Å²) >= 11 is 9.21. The summed E-state index contributed by atoms with van der Waals surface area (Å²) in [4.78, 5) is 19.3. The Morgan fingerprint density at radius 2 is 2.37 bits per heavy atom. The lowest BCUT2D eigenvalue weighted by atomic mass is 10.1. The van der Waals surface area contributed by atoms with E-state index in [1.54, 1.807) is 30.6 Å². The van der Waals surface area contributed by atoms with Gasteiger partial charge in [-0.3, -0.25) is 4.79 Å². The van der Waals surface area contributed by atoms with Crippen LogP contribution in [0, 0.1) is 0 Å². The van der Waals surface area contributed by atoms with Gasteiger partial charge in [-0.25, -0.2) is 4.98 Å². The van der Waals surface area contributed by atoms with Crippen molar-refractivity contribution < 1.29 is 4.79 Å². The van der Waals surface area contributed by atoms with E-state index in [2.05, 4.69) is 31.2 Å². The fourth-order valence-corrected chi connectivity index (χ4v) is 2.21. The van der Waals surface area contributed by atoms with Crippen LogP contribution in [0.4, 0.5) is 0 Å². The molecule has 2 rings (SSSR count). The van der Waals surface area contributed by atoms with Crippen LogP contribution in [-0.4, -0.2) is 15.9 Å². The molecule has 0 aliphatic heterocycles. The number of carbonyl (C=O) groups is 1. The number of benzene rings is 1. The lowest BCUT2D eigenvalue weighted by Crippen LogP contribution is -2.28. The lowest BCUT2D eigenvalue weighted by Gasteiger charge is -2.14. The molecule has 1 amide bonds. The third-order valence-corrected chi connectivity index (χ3v) is 3.96. The van der Waals surface area contributed by atoms with Crippen molar-refractivity contribution >= 4 is 33.4 Å². The number of nitrogens with zero attached hydrogens (tertiary/aromatic N) is 1. The summed E-state index contributed by atoms with van der Waals surface area (Å²) in [6, 6.07) is 4.95. The SMILES string of the molecule is CCC(NC(=O)c1ccc(Cl)c(Br)c1)c1ncc[nH]1. The van der Waals surface area contributed by atoms with Crippen molar-refractivity contribution in [3.63, 3.8) is 0 Å². The Bertz CT molecular complexity index is 571. The van der Waals surface area contributed by atoms with Gasteiger partial charge in [0.2, 0.25) is 0 Å². The molecule has 0 fully saturated rings. The summed E-state index contributed by atoms with van der Waals surface area (Å²) in [5.74, 6) is 0.601. The van der Waals surface area contributed by atoms with Gasteiger partial charge in [0, 0.05) is 22.4 Å². The molecule has 1 heterocycles. The minimum absolute atomic E-state index is 0.128. The highest BCUT2D eigenvalue weighted by Crippen LogP contribution is 2.23. The second-order valence-corrected chi connectivity index (χ2v) is 5.30. The minimum atomic E-state index is -0.152. The molecule has 2 aromatic rings. The average Bonchev–Trinajstić information content (AvgIpc) is 2.92. The van der Waals surface area contributed by atoms with Crippen molar-refractivity contribution in [2.24, 2.45) is 0 Å². The monoisotopic (exact) mass is 341 g/mol. The molecular weight excluding hydrogens is 330 g/mol. The van der Waals surface area contributed by atoms with Crippen molar-refractivity contribution in [1.29, 1.82) is 0 Å². The van der Waals surface area contributed by atoms with E-state index in [0.29, 0.717) is 15.1 Å². The van der Waals surface area contributed by atoms with E-state index in [0.717, 1.165) is 12.2 Å². The molecule has 0 saturated heterocycles. The van der Waals surface area contributed by atoms with Crippen LogP contribution in [0.3, 0.4) is 0 Å². The lowest BCUT2D eigenvalue weighted by molar-refractivity contribution is 0.0934. The summed E-state index contributed by atoms with van der Waals surface area (Å²) in [6.07, 6.45) is 4.17. The fraction of sp³-hybridized carbons (Fsp3) is 0.231. The number of aromatic amines is 1. The summed E-state index contributed by atoms with van der Waals surface area (Å²) in [5, 5.41) is 3.51. The Hall–Kier alpha value is -1.33. The van der Waals surface area contributed by atoms with Gasteiger partial charge in [-0.05, 0) is 40.5 Å². The first kappa shape index (κ1) is 14.1.